The standard InChI is InChI=1S/C36H49FN6O4S/c1-34(2,3)36(7,35(4,5)6)43(15-17-45-8)14-11-16-47-30-21-28-27(20-29(30)46-9)32(40-23-39-28)42-33-38-22-26(48-33)19-31(44)41-25-13-10-12-24(37)18-25/h10,12-13,18,20-23H,11,14-17,19H2,1-9H3,(H,41,44)(H,38,39,40,42). The number of ether oxygens (including phenoxy) is 3. The molecule has 4 aromatic rings. The number of carbonyl (C=O) groups is 1. The lowest BCUT2D eigenvalue weighted by Gasteiger charge is -2.58. The molecule has 0 aliphatic rings. The second-order valence-corrected chi connectivity index (χ2v) is 15.1. The summed E-state index contributed by atoms with van der Waals surface area (Å²) in [6, 6.07) is 9.51. The zero-order valence-electron chi connectivity index (χ0n) is 29.6. The van der Waals surface area contributed by atoms with E-state index in [1.165, 1.54) is 29.8 Å². The number of halogens is 1. The largest absolute Gasteiger partial charge is 0.493 e. The smallest absolute Gasteiger partial charge is 0.229 e. The Balaban J connectivity index is 1.43. The SMILES string of the molecule is COCCN(CCCOc1cc2ncnc(Nc3ncc(CC(=O)Nc4cccc(F)c4)s3)c2cc1OC)C(C)(C(C)(C)C)C(C)(C)C. The second-order valence-electron chi connectivity index (χ2n) is 14.0. The summed E-state index contributed by atoms with van der Waals surface area (Å²) >= 11 is 1.33. The van der Waals surface area contributed by atoms with E-state index in [1.807, 2.05) is 12.1 Å². The average Bonchev–Trinajstić information content (AvgIpc) is 3.45. The van der Waals surface area contributed by atoms with E-state index in [2.05, 4.69) is 79.0 Å². The fourth-order valence-electron chi connectivity index (χ4n) is 6.19. The number of carbonyl (C=O) groups excluding carboxylic acids is 1. The highest BCUT2D eigenvalue weighted by Crippen LogP contribution is 2.48. The van der Waals surface area contributed by atoms with Crippen molar-refractivity contribution in [3.8, 4) is 11.5 Å². The molecule has 10 nitrogen and oxygen atoms in total. The summed E-state index contributed by atoms with van der Waals surface area (Å²) in [6.45, 7) is 19.0. The molecule has 12 heteroatoms. The summed E-state index contributed by atoms with van der Waals surface area (Å²) in [4.78, 5) is 29.1. The van der Waals surface area contributed by atoms with Crippen molar-refractivity contribution in [2.45, 2.75) is 66.8 Å². The molecule has 0 saturated carbocycles. The van der Waals surface area contributed by atoms with Crippen LogP contribution in [0.2, 0.25) is 0 Å². The van der Waals surface area contributed by atoms with Crippen LogP contribution < -0.4 is 20.1 Å². The van der Waals surface area contributed by atoms with Crippen LogP contribution in [0.5, 0.6) is 11.5 Å². The van der Waals surface area contributed by atoms with E-state index in [0.29, 0.717) is 46.9 Å². The lowest BCUT2D eigenvalue weighted by atomic mass is 9.60. The molecule has 260 valence electrons. The monoisotopic (exact) mass is 680 g/mol. The van der Waals surface area contributed by atoms with Crippen molar-refractivity contribution in [2.24, 2.45) is 10.8 Å². The number of thiazole rings is 1. The number of aromatic nitrogens is 3. The Kier molecular flexibility index (Phi) is 12.0. The molecule has 1 amide bonds. The lowest BCUT2D eigenvalue weighted by Crippen LogP contribution is -2.63. The van der Waals surface area contributed by atoms with Crippen LogP contribution in [0.3, 0.4) is 0 Å². The van der Waals surface area contributed by atoms with Gasteiger partial charge >= 0.3 is 0 Å². The minimum absolute atomic E-state index is 0.0336. The Morgan fingerprint density at radius 1 is 0.938 bits per heavy atom. The number of anilines is 3. The summed E-state index contributed by atoms with van der Waals surface area (Å²) in [5, 5.41) is 7.26. The van der Waals surface area contributed by atoms with Crippen molar-refractivity contribution in [3.63, 3.8) is 0 Å². The average molecular weight is 681 g/mol. The molecule has 0 unspecified atom stereocenters. The lowest BCUT2D eigenvalue weighted by molar-refractivity contribution is -0.115. The van der Waals surface area contributed by atoms with Gasteiger partial charge in [0.05, 0.1) is 32.3 Å². The van der Waals surface area contributed by atoms with Crippen molar-refractivity contribution in [2.75, 3.05) is 51.2 Å². The summed E-state index contributed by atoms with van der Waals surface area (Å²) in [7, 11) is 3.36. The van der Waals surface area contributed by atoms with E-state index in [9.17, 15) is 9.18 Å². The van der Waals surface area contributed by atoms with Crippen molar-refractivity contribution < 1.29 is 23.4 Å². The van der Waals surface area contributed by atoms with Gasteiger partial charge in [0.2, 0.25) is 5.91 Å². The molecular formula is C36H49FN6O4S. The topological polar surface area (TPSA) is 111 Å². The molecule has 0 atom stereocenters. The van der Waals surface area contributed by atoms with E-state index >= 15 is 0 Å². The summed E-state index contributed by atoms with van der Waals surface area (Å²) in [6.07, 6.45) is 4.03. The molecule has 0 fully saturated rings. The molecule has 2 heterocycles. The van der Waals surface area contributed by atoms with E-state index in [-0.39, 0.29) is 28.7 Å². The van der Waals surface area contributed by atoms with Crippen molar-refractivity contribution in [1.82, 2.24) is 19.9 Å². The molecule has 4 rings (SSSR count). The predicted molar refractivity (Wildman–Crippen MR) is 191 cm³/mol. The van der Waals surface area contributed by atoms with Gasteiger partial charge < -0.3 is 24.8 Å². The zero-order valence-corrected chi connectivity index (χ0v) is 30.4. The van der Waals surface area contributed by atoms with Crippen LogP contribution in [0.25, 0.3) is 10.9 Å². The summed E-state index contributed by atoms with van der Waals surface area (Å²) in [5.41, 5.74) is 1.06. The van der Waals surface area contributed by atoms with Crippen LogP contribution >= 0.6 is 11.3 Å². The van der Waals surface area contributed by atoms with Crippen LogP contribution in [-0.2, 0) is 16.0 Å². The highest BCUT2D eigenvalue weighted by atomic mass is 32.1. The number of nitrogens with one attached hydrogen (secondary N) is 2. The van der Waals surface area contributed by atoms with Gasteiger partial charge in [-0.1, -0.05) is 47.6 Å². The third kappa shape index (κ3) is 8.77. The number of hydrogen-bond acceptors (Lipinski definition) is 10. The van der Waals surface area contributed by atoms with Crippen LogP contribution in [0.1, 0.15) is 59.8 Å². The molecule has 0 bridgehead atoms. The van der Waals surface area contributed by atoms with Crippen LogP contribution in [-0.4, -0.2) is 71.8 Å². The van der Waals surface area contributed by atoms with Crippen LogP contribution in [0, 0.1) is 16.6 Å². The molecule has 0 saturated heterocycles. The van der Waals surface area contributed by atoms with Crippen LogP contribution in [0.4, 0.5) is 21.0 Å². The highest BCUT2D eigenvalue weighted by Gasteiger charge is 2.50. The third-order valence-corrected chi connectivity index (χ3v) is 10.0. The van der Waals surface area contributed by atoms with Crippen molar-refractivity contribution >= 4 is 44.8 Å². The molecule has 0 aliphatic carbocycles. The molecule has 48 heavy (non-hydrogen) atoms. The summed E-state index contributed by atoms with van der Waals surface area (Å²) in [5.74, 6) is 1.05. The normalized spacial score (nSPS) is 12.4. The molecular weight excluding hydrogens is 631 g/mol. The number of nitrogens with zero attached hydrogens (tertiary/aromatic N) is 4. The van der Waals surface area contributed by atoms with Gasteiger partial charge in [0, 0.05) is 54.0 Å². The Morgan fingerprint density at radius 3 is 2.35 bits per heavy atom. The number of methoxy groups -OCH3 is 2. The fraction of sp³-hybridized carbons (Fsp3) is 0.500. The minimum Gasteiger partial charge on any atom is -0.493 e. The maximum atomic E-state index is 13.5. The minimum atomic E-state index is -0.412. The van der Waals surface area contributed by atoms with Gasteiger partial charge in [-0.15, -0.1) is 11.3 Å². The maximum absolute atomic E-state index is 13.5. The Hall–Kier alpha value is -3.87. The number of rotatable bonds is 15. The molecule has 0 aliphatic heterocycles. The van der Waals surface area contributed by atoms with Gasteiger partial charge in [-0.25, -0.2) is 19.3 Å². The van der Waals surface area contributed by atoms with Crippen LogP contribution in [0.15, 0.2) is 48.9 Å². The maximum Gasteiger partial charge on any atom is 0.229 e. The highest BCUT2D eigenvalue weighted by molar-refractivity contribution is 7.15. The third-order valence-electron chi connectivity index (χ3n) is 9.09. The second kappa shape index (κ2) is 15.6. The molecule has 2 N–H and O–H groups in total. The summed E-state index contributed by atoms with van der Waals surface area (Å²) < 4.78 is 31.0. The fourth-order valence-corrected chi connectivity index (χ4v) is 7.00. The van der Waals surface area contributed by atoms with E-state index in [4.69, 9.17) is 14.2 Å². The number of benzene rings is 2. The first kappa shape index (κ1) is 37.0. The van der Waals surface area contributed by atoms with Crippen molar-refractivity contribution in [1.29, 1.82) is 0 Å². The Labute approximate surface area is 287 Å². The van der Waals surface area contributed by atoms with Gasteiger partial charge in [0.1, 0.15) is 18.0 Å². The quantitative estimate of drug-likeness (QED) is 0.122. The molecule has 2 aromatic heterocycles. The van der Waals surface area contributed by atoms with Gasteiger partial charge in [-0.3, -0.25) is 9.69 Å². The molecule has 2 aromatic carbocycles. The number of fused-ring (bicyclic) bond motifs is 1. The number of hydrogen-bond donors (Lipinski definition) is 2. The first-order valence-electron chi connectivity index (χ1n) is 16.1. The van der Waals surface area contributed by atoms with Gasteiger partial charge in [-0.2, -0.15) is 0 Å². The van der Waals surface area contributed by atoms with Crippen molar-refractivity contribution in [3.05, 3.63) is 59.6 Å². The first-order valence-corrected chi connectivity index (χ1v) is 16.9. The van der Waals surface area contributed by atoms with E-state index < -0.39 is 5.82 Å². The first-order chi connectivity index (χ1) is 22.7. The Morgan fingerprint density at radius 2 is 1.69 bits per heavy atom. The predicted octanol–water partition coefficient (Wildman–Crippen LogP) is 7.73. The van der Waals surface area contributed by atoms with Gasteiger partial charge in [-0.05, 0) is 48.4 Å². The van der Waals surface area contributed by atoms with E-state index in [0.717, 1.165) is 29.8 Å². The number of amides is 1. The molecule has 0 radical (unpaired) electrons. The molecule has 0 spiro atoms. The zero-order chi connectivity index (χ0) is 35.1. The van der Waals surface area contributed by atoms with E-state index in [1.54, 1.807) is 32.5 Å². The Bertz CT molecular complexity index is 1670. The van der Waals surface area contributed by atoms with Gasteiger partial charge in [0.25, 0.3) is 0 Å². The van der Waals surface area contributed by atoms with Gasteiger partial charge in [0.15, 0.2) is 16.6 Å².